The van der Waals surface area contributed by atoms with Gasteiger partial charge in [-0.3, -0.25) is 9.59 Å². The molecule has 0 fully saturated rings. The number of hydrogen-bond acceptors (Lipinski definition) is 4. The second-order valence-corrected chi connectivity index (χ2v) is 4.55. The van der Waals surface area contributed by atoms with Gasteiger partial charge in [-0.05, 0) is 6.07 Å². The molecule has 2 aromatic rings. The summed E-state index contributed by atoms with van der Waals surface area (Å²) < 4.78 is 2.03. The summed E-state index contributed by atoms with van der Waals surface area (Å²) in [7, 11) is 0. The van der Waals surface area contributed by atoms with Crippen molar-refractivity contribution in [2.75, 3.05) is 0 Å². The molecule has 18 heavy (non-hydrogen) atoms. The SMILES string of the molecule is CC(=O)c1ncnn1CC(=O)c1ccccc1Br. The summed E-state index contributed by atoms with van der Waals surface area (Å²) in [6, 6.07) is 7.12. The zero-order valence-electron chi connectivity index (χ0n) is 9.63. The topological polar surface area (TPSA) is 64.8 Å². The first-order valence-electron chi connectivity index (χ1n) is 5.26. The number of benzene rings is 1. The van der Waals surface area contributed by atoms with E-state index in [1.807, 2.05) is 6.07 Å². The van der Waals surface area contributed by atoms with E-state index in [1.54, 1.807) is 18.2 Å². The molecule has 0 radical (unpaired) electrons. The van der Waals surface area contributed by atoms with Crippen LogP contribution in [-0.4, -0.2) is 26.3 Å². The largest absolute Gasteiger partial charge is 0.292 e. The Morgan fingerprint density at radius 3 is 2.72 bits per heavy atom. The highest BCUT2D eigenvalue weighted by atomic mass is 79.9. The standard InChI is InChI=1S/C12H10BrN3O2/c1-8(17)12-14-7-15-16(12)6-11(18)9-4-2-3-5-10(9)13/h2-5,7H,6H2,1H3. The fraction of sp³-hybridized carbons (Fsp3) is 0.167. The van der Waals surface area contributed by atoms with Crippen molar-refractivity contribution >= 4 is 27.5 Å². The Hall–Kier alpha value is -1.82. The Morgan fingerprint density at radius 2 is 2.06 bits per heavy atom. The van der Waals surface area contributed by atoms with Crippen LogP contribution in [0.1, 0.15) is 27.9 Å². The third-order valence-corrected chi connectivity index (χ3v) is 3.09. The lowest BCUT2D eigenvalue weighted by Crippen LogP contribution is -2.16. The monoisotopic (exact) mass is 307 g/mol. The lowest BCUT2D eigenvalue weighted by Gasteiger charge is -2.05. The van der Waals surface area contributed by atoms with Crippen LogP contribution in [0.3, 0.4) is 0 Å². The fourth-order valence-corrected chi connectivity index (χ4v) is 2.07. The summed E-state index contributed by atoms with van der Waals surface area (Å²) in [5.74, 6) is -0.154. The molecule has 0 spiro atoms. The molecule has 0 bridgehead atoms. The molecule has 92 valence electrons. The number of Topliss-reactive ketones (excluding diaryl/α,β-unsaturated/α-hetero) is 2. The zero-order chi connectivity index (χ0) is 13.1. The van der Waals surface area contributed by atoms with Gasteiger partial charge in [0, 0.05) is 17.0 Å². The van der Waals surface area contributed by atoms with Gasteiger partial charge in [0.25, 0.3) is 0 Å². The summed E-state index contributed by atoms with van der Waals surface area (Å²) in [4.78, 5) is 27.2. The van der Waals surface area contributed by atoms with Gasteiger partial charge in [0.05, 0.1) is 0 Å². The number of carbonyl (C=O) groups excluding carboxylic acids is 2. The van der Waals surface area contributed by atoms with E-state index in [-0.39, 0.29) is 23.9 Å². The number of aromatic nitrogens is 3. The van der Waals surface area contributed by atoms with E-state index >= 15 is 0 Å². The normalized spacial score (nSPS) is 10.3. The Balaban J connectivity index is 2.25. The number of carbonyl (C=O) groups is 2. The van der Waals surface area contributed by atoms with Crippen molar-refractivity contribution in [2.45, 2.75) is 13.5 Å². The van der Waals surface area contributed by atoms with Crippen LogP contribution >= 0.6 is 15.9 Å². The molecule has 0 saturated heterocycles. The quantitative estimate of drug-likeness (QED) is 0.812. The van der Waals surface area contributed by atoms with Crippen molar-refractivity contribution in [1.82, 2.24) is 14.8 Å². The molecular formula is C12H10BrN3O2. The van der Waals surface area contributed by atoms with Crippen LogP contribution < -0.4 is 0 Å². The summed E-state index contributed by atoms with van der Waals surface area (Å²) in [5.41, 5.74) is 0.558. The number of hydrogen-bond donors (Lipinski definition) is 0. The van der Waals surface area contributed by atoms with E-state index in [4.69, 9.17) is 0 Å². The Labute approximate surface area is 112 Å². The second-order valence-electron chi connectivity index (χ2n) is 3.70. The van der Waals surface area contributed by atoms with Crippen molar-refractivity contribution in [3.63, 3.8) is 0 Å². The van der Waals surface area contributed by atoms with Crippen molar-refractivity contribution in [3.05, 3.63) is 46.5 Å². The van der Waals surface area contributed by atoms with Gasteiger partial charge >= 0.3 is 0 Å². The van der Waals surface area contributed by atoms with Gasteiger partial charge in [0.1, 0.15) is 12.9 Å². The maximum atomic E-state index is 12.1. The van der Waals surface area contributed by atoms with Gasteiger partial charge in [-0.1, -0.05) is 34.1 Å². The van der Waals surface area contributed by atoms with E-state index in [2.05, 4.69) is 26.0 Å². The minimum atomic E-state index is -0.215. The van der Waals surface area contributed by atoms with Crippen LogP contribution in [0.4, 0.5) is 0 Å². The van der Waals surface area contributed by atoms with Crippen LogP contribution in [0.2, 0.25) is 0 Å². The zero-order valence-corrected chi connectivity index (χ0v) is 11.2. The third-order valence-electron chi connectivity index (χ3n) is 2.40. The smallest absolute Gasteiger partial charge is 0.196 e. The average molecular weight is 308 g/mol. The number of rotatable bonds is 4. The van der Waals surface area contributed by atoms with Gasteiger partial charge in [-0.2, -0.15) is 5.10 Å². The lowest BCUT2D eigenvalue weighted by atomic mass is 10.1. The fourth-order valence-electron chi connectivity index (χ4n) is 1.56. The third kappa shape index (κ3) is 2.53. The van der Waals surface area contributed by atoms with E-state index in [9.17, 15) is 9.59 Å². The first-order chi connectivity index (χ1) is 8.59. The molecule has 0 aliphatic rings. The van der Waals surface area contributed by atoms with E-state index in [0.29, 0.717) is 5.56 Å². The molecule has 1 aromatic carbocycles. The summed E-state index contributed by atoms with van der Waals surface area (Å²) in [5, 5.41) is 3.88. The molecule has 0 saturated carbocycles. The Morgan fingerprint density at radius 1 is 1.33 bits per heavy atom. The first-order valence-corrected chi connectivity index (χ1v) is 6.05. The van der Waals surface area contributed by atoms with Crippen LogP contribution in [0.25, 0.3) is 0 Å². The number of halogens is 1. The molecule has 1 heterocycles. The molecule has 5 nitrogen and oxygen atoms in total. The number of nitrogens with zero attached hydrogens (tertiary/aromatic N) is 3. The lowest BCUT2D eigenvalue weighted by molar-refractivity contribution is 0.0958. The van der Waals surface area contributed by atoms with Gasteiger partial charge in [0.15, 0.2) is 17.4 Å². The minimum Gasteiger partial charge on any atom is -0.292 e. The maximum Gasteiger partial charge on any atom is 0.196 e. The molecule has 6 heteroatoms. The van der Waals surface area contributed by atoms with Gasteiger partial charge in [-0.15, -0.1) is 0 Å². The minimum absolute atomic E-state index is 0.00245. The predicted octanol–water partition coefficient (Wildman–Crippen LogP) is 2.13. The van der Waals surface area contributed by atoms with E-state index in [0.717, 1.165) is 4.47 Å². The predicted molar refractivity (Wildman–Crippen MR) is 68.5 cm³/mol. The highest BCUT2D eigenvalue weighted by Gasteiger charge is 2.15. The second kappa shape index (κ2) is 5.22. The summed E-state index contributed by atoms with van der Waals surface area (Å²) in [6.07, 6.45) is 1.27. The van der Waals surface area contributed by atoms with Gasteiger partial charge < -0.3 is 0 Å². The molecule has 1 aromatic heterocycles. The van der Waals surface area contributed by atoms with Gasteiger partial charge in [0.2, 0.25) is 0 Å². The molecule has 0 N–H and O–H groups in total. The first kappa shape index (κ1) is 12.6. The van der Waals surface area contributed by atoms with Crippen molar-refractivity contribution < 1.29 is 9.59 Å². The molecule has 2 rings (SSSR count). The van der Waals surface area contributed by atoms with Crippen molar-refractivity contribution in [1.29, 1.82) is 0 Å². The average Bonchev–Trinajstić information content (AvgIpc) is 2.77. The van der Waals surface area contributed by atoms with Gasteiger partial charge in [-0.25, -0.2) is 9.67 Å². The van der Waals surface area contributed by atoms with Crippen LogP contribution in [0.5, 0.6) is 0 Å². The highest BCUT2D eigenvalue weighted by Crippen LogP contribution is 2.17. The maximum absolute atomic E-state index is 12.1. The summed E-state index contributed by atoms with van der Waals surface area (Å²) in [6.45, 7) is 1.39. The highest BCUT2D eigenvalue weighted by molar-refractivity contribution is 9.10. The Kier molecular flexibility index (Phi) is 3.66. The number of ketones is 2. The molecule has 0 aliphatic heterocycles. The van der Waals surface area contributed by atoms with Crippen LogP contribution in [0.15, 0.2) is 35.1 Å². The molecule has 0 atom stereocenters. The van der Waals surface area contributed by atoms with E-state index < -0.39 is 0 Å². The molecular weight excluding hydrogens is 298 g/mol. The van der Waals surface area contributed by atoms with E-state index in [1.165, 1.54) is 17.9 Å². The van der Waals surface area contributed by atoms with Crippen LogP contribution in [-0.2, 0) is 6.54 Å². The summed E-state index contributed by atoms with van der Waals surface area (Å²) >= 11 is 3.32. The van der Waals surface area contributed by atoms with Crippen LogP contribution in [0, 0.1) is 0 Å². The van der Waals surface area contributed by atoms with Crippen molar-refractivity contribution in [2.24, 2.45) is 0 Å². The molecule has 0 unspecified atom stereocenters. The molecule has 0 aliphatic carbocycles. The molecule has 0 amide bonds. The van der Waals surface area contributed by atoms with Crippen molar-refractivity contribution in [3.8, 4) is 0 Å². The Bertz CT molecular complexity index is 607.